The van der Waals surface area contributed by atoms with Crippen LogP contribution in [0.5, 0.6) is 5.75 Å². The van der Waals surface area contributed by atoms with Gasteiger partial charge in [0.25, 0.3) is 0 Å². The highest BCUT2D eigenvalue weighted by molar-refractivity contribution is 7.80. The molecule has 2 N–H and O–H groups in total. The lowest BCUT2D eigenvalue weighted by molar-refractivity contribution is -0.116. The molecule has 0 atom stereocenters. The van der Waals surface area contributed by atoms with Gasteiger partial charge in [0.15, 0.2) is 5.11 Å². The number of hydrogen-bond donors (Lipinski definition) is 2. The molecule has 0 aromatic heterocycles. The van der Waals surface area contributed by atoms with Crippen LogP contribution in [0.4, 0.5) is 15.8 Å². The van der Waals surface area contributed by atoms with Crippen LogP contribution < -0.4 is 15.4 Å². The summed E-state index contributed by atoms with van der Waals surface area (Å²) in [5.41, 5.74) is 1.35. The Labute approximate surface area is 151 Å². The minimum Gasteiger partial charge on any atom is -0.497 e. The largest absolute Gasteiger partial charge is 0.497 e. The molecule has 0 spiro atoms. The van der Waals surface area contributed by atoms with Crippen molar-refractivity contribution in [2.75, 3.05) is 30.8 Å². The number of methoxy groups -OCH3 is 1. The van der Waals surface area contributed by atoms with E-state index in [1.165, 1.54) is 12.1 Å². The summed E-state index contributed by atoms with van der Waals surface area (Å²) in [7, 11) is 1.59. The van der Waals surface area contributed by atoms with Gasteiger partial charge in [-0.2, -0.15) is 0 Å². The maximum Gasteiger partial charge on any atom is 0.243 e. The van der Waals surface area contributed by atoms with Crippen LogP contribution >= 0.6 is 12.2 Å². The zero-order valence-electron chi connectivity index (χ0n) is 14.1. The molecule has 0 bridgehead atoms. The van der Waals surface area contributed by atoms with Gasteiger partial charge in [-0.15, -0.1) is 0 Å². The SMILES string of the molecule is CCN(CC(=O)Nc1ccc(OC)cc1)C(=S)Nc1ccc(F)cc1. The molecule has 0 aliphatic heterocycles. The van der Waals surface area contributed by atoms with Crippen LogP contribution in [0.3, 0.4) is 0 Å². The highest BCUT2D eigenvalue weighted by Crippen LogP contribution is 2.15. The summed E-state index contributed by atoms with van der Waals surface area (Å²) in [6.45, 7) is 2.57. The van der Waals surface area contributed by atoms with Gasteiger partial charge in [0.05, 0.1) is 13.7 Å². The Morgan fingerprint density at radius 2 is 1.64 bits per heavy atom. The quantitative estimate of drug-likeness (QED) is 0.772. The first-order valence-corrected chi connectivity index (χ1v) is 8.18. The fourth-order valence-electron chi connectivity index (χ4n) is 2.11. The molecule has 0 unspecified atom stereocenters. The number of amides is 1. The summed E-state index contributed by atoms with van der Waals surface area (Å²) in [6.07, 6.45) is 0. The first kappa shape index (κ1) is 18.7. The first-order valence-electron chi connectivity index (χ1n) is 7.77. The topological polar surface area (TPSA) is 53.6 Å². The summed E-state index contributed by atoms with van der Waals surface area (Å²) in [6, 6.07) is 12.9. The molecule has 25 heavy (non-hydrogen) atoms. The number of rotatable bonds is 6. The lowest BCUT2D eigenvalue weighted by Crippen LogP contribution is -2.40. The Morgan fingerprint density at radius 3 is 2.20 bits per heavy atom. The lowest BCUT2D eigenvalue weighted by atomic mass is 10.3. The fraction of sp³-hybridized carbons (Fsp3) is 0.222. The van der Waals surface area contributed by atoms with Crippen molar-refractivity contribution in [1.29, 1.82) is 0 Å². The molecule has 132 valence electrons. The number of benzene rings is 2. The smallest absolute Gasteiger partial charge is 0.243 e. The molecule has 2 aromatic carbocycles. The highest BCUT2D eigenvalue weighted by Gasteiger charge is 2.13. The Kier molecular flexibility index (Phi) is 6.71. The minimum absolute atomic E-state index is 0.107. The number of hydrogen-bond acceptors (Lipinski definition) is 3. The molecule has 0 saturated heterocycles. The van der Waals surface area contributed by atoms with Crippen LogP contribution in [0.25, 0.3) is 0 Å². The number of halogens is 1. The van der Waals surface area contributed by atoms with E-state index in [-0.39, 0.29) is 18.3 Å². The summed E-state index contributed by atoms with van der Waals surface area (Å²) < 4.78 is 18.0. The van der Waals surface area contributed by atoms with E-state index in [0.29, 0.717) is 23.0 Å². The molecular weight excluding hydrogens is 341 g/mol. The van der Waals surface area contributed by atoms with Gasteiger partial charge in [-0.3, -0.25) is 4.79 Å². The summed E-state index contributed by atoms with van der Waals surface area (Å²) >= 11 is 5.33. The highest BCUT2D eigenvalue weighted by atomic mass is 32.1. The number of nitrogens with one attached hydrogen (secondary N) is 2. The van der Waals surface area contributed by atoms with Crippen molar-refractivity contribution in [3.05, 3.63) is 54.3 Å². The van der Waals surface area contributed by atoms with E-state index in [1.807, 2.05) is 6.92 Å². The van der Waals surface area contributed by atoms with Crippen LogP contribution in [-0.2, 0) is 4.79 Å². The van der Waals surface area contributed by atoms with E-state index in [9.17, 15) is 9.18 Å². The maximum atomic E-state index is 12.9. The van der Waals surface area contributed by atoms with Gasteiger partial charge in [-0.25, -0.2) is 4.39 Å². The molecule has 0 aliphatic rings. The van der Waals surface area contributed by atoms with Gasteiger partial charge in [-0.05, 0) is 67.7 Å². The Balaban J connectivity index is 1.91. The molecule has 2 rings (SSSR count). The number of nitrogens with zero attached hydrogens (tertiary/aromatic N) is 1. The van der Waals surface area contributed by atoms with Crippen LogP contribution in [0.1, 0.15) is 6.92 Å². The monoisotopic (exact) mass is 361 g/mol. The van der Waals surface area contributed by atoms with Gasteiger partial charge >= 0.3 is 0 Å². The summed E-state index contributed by atoms with van der Waals surface area (Å²) in [4.78, 5) is 13.9. The van der Waals surface area contributed by atoms with E-state index in [0.717, 1.165) is 5.75 Å². The Hall–Kier alpha value is -2.67. The maximum absolute atomic E-state index is 12.9. The summed E-state index contributed by atoms with van der Waals surface area (Å²) in [5.74, 6) is 0.218. The number of carbonyl (C=O) groups is 1. The number of anilines is 2. The molecule has 7 heteroatoms. The van der Waals surface area contributed by atoms with Crippen molar-refractivity contribution in [3.63, 3.8) is 0 Å². The molecule has 0 aliphatic carbocycles. The molecular formula is C18H20FN3O2S. The van der Waals surface area contributed by atoms with Crippen molar-refractivity contribution in [3.8, 4) is 5.75 Å². The second-order valence-electron chi connectivity index (χ2n) is 5.23. The van der Waals surface area contributed by atoms with Crippen molar-refractivity contribution in [1.82, 2.24) is 4.90 Å². The van der Waals surface area contributed by atoms with Crippen LogP contribution in [-0.4, -0.2) is 36.1 Å². The molecule has 0 fully saturated rings. The van der Waals surface area contributed by atoms with Gasteiger partial charge in [0.1, 0.15) is 11.6 Å². The zero-order valence-corrected chi connectivity index (χ0v) is 14.9. The standard InChI is InChI=1S/C18H20FN3O2S/c1-3-22(18(25)21-15-6-4-13(19)5-7-15)12-17(23)20-14-8-10-16(24-2)11-9-14/h4-11H,3,12H2,1-2H3,(H,20,23)(H,21,25). The summed E-state index contributed by atoms with van der Waals surface area (Å²) in [5, 5.41) is 6.21. The second-order valence-corrected chi connectivity index (χ2v) is 5.61. The van der Waals surface area contributed by atoms with Gasteiger partial charge in [0, 0.05) is 17.9 Å². The average Bonchev–Trinajstić information content (AvgIpc) is 2.62. The first-order chi connectivity index (χ1) is 12.0. The normalized spacial score (nSPS) is 10.0. The molecule has 0 heterocycles. The van der Waals surface area contributed by atoms with Crippen molar-refractivity contribution < 1.29 is 13.9 Å². The third-order valence-corrected chi connectivity index (χ3v) is 3.83. The number of carbonyl (C=O) groups excluding carboxylic acids is 1. The number of ether oxygens (including phenoxy) is 1. The van der Waals surface area contributed by atoms with Crippen molar-refractivity contribution in [2.24, 2.45) is 0 Å². The van der Waals surface area contributed by atoms with Gasteiger partial charge in [0.2, 0.25) is 5.91 Å². The van der Waals surface area contributed by atoms with Crippen molar-refractivity contribution in [2.45, 2.75) is 6.92 Å². The van der Waals surface area contributed by atoms with E-state index in [4.69, 9.17) is 17.0 Å². The van der Waals surface area contributed by atoms with Gasteiger partial charge in [-0.1, -0.05) is 0 Å². The average molecular weight is 361 g/mol. The third kappa shape index (κ3) is 5.72. The lowest BCUT2D eigenvalue weighted by Gasteiger charge is -2.23. The fourth-order valence-corrected chi connectivity index (χ4v) is 2.42. The van der Waals surface area contributed by atoms with Crippen LogP contribution in [0.15, 0.2) is 48.5 Å². The molecule has 5 nitrogen and oxygen atoms in total. The number of thiocarbonyl (C=S) groups is 1. The Morgan fingerprint density at radius 1 is 1.08 bits per heavy atom. The molecule has 0 radical (unpaired) electrons. The predicted molar refractivity (Wildman–Crippen MR) is 101 cm³/mol. The molecule has 0 saturated carbocycles. The minimum atomic E-state index is -0.317. The third-order valence-electron chi connectivity index (χ3n) is 3.47. The zero-order chi connectivity index (χ0) is 18.2. The van der Waals surface area contributed by atoms with E-state index in [2.05, 4.69) is 10.6 Å². The predicted octanol–water partition coefficient (Wildman–Crippen LogP) is 3.49. The number of likely N-dealkylation sites (N-methyl/N-ethyl adjacent to an activating group) is 1. The van der Waals surface area contributed by atoms with Gasteiger partial charge < -0.3 is 20.3 Å². The van der Waals surface area contributed by atoms with Crippen molar-refractivity contribution >= 4 is 34.6 Å². The van der Waals surface area contributed by atoms with Crippen LogP contribution in [0, 0.1) is 5.82 Å². The van der Waals surface area contributed by atoms with E-state index in [1.54, 1.807) is 48.4 Å². The molecule has 1 amide bonds. The molecule has 2 aromatic rings. The second kappa shape index (κ2) is 8.98. The van der Waals surface area contributed by atoms with E-state index < -0.39 is 0 Å². The van der Waals surface area contributed by atoms with Crippen LogP contribution in [0.2, 0.25) is 0 Å². The Bertz CT molecular complexity index is 720. The van der Waals surface area contributed by atoms with E-state index >= 15 is 0 Å².